The number of methoxy groups -OCH3 is 2. The Labute approximate surface area is 83.5 Å². The molecule has 0 radical (unpaired) electrons. The summed E-state index contributed by atoms with van der Waals surface area (Å²) in [5.74, 6) is -1.20. The molecule has 0 saturated heterocycles. The first-order valence-corrected chi connectivity index (χ1v) is 6.15. The Balaban J connectivity index is 3.04. The van der Waals surface area contributed by atoms with Crippen molar-refractivity contribution in [2.45, 2.75) is 0 Å². The van der Waals surface area contributed by atoms with Crippen LogP contribution in [0.5, 0.6) is 0 Å². The van der Waals surface area contributed by atoms with Crippen LogP contribution in [-0.4, -0.2) is 38.7 Å². The summed E-state index contributed by atoms with van der Waals surface area (Å²) < 4.78 is 14.2. The van der Waals surface area contributed by atoms with Crippen LogP contribution in [0, 0.1) is 0 Å². The summed E-state index contributed by atoms with van der Waals surface area (Å²) in [5.41, 5.74) is 0. The normalized spacial score (nSPS) is 20.3. The molecule has 5 nitrogen and oxygen atoms in total. The zero-order chi connectivity index (χ0) is 10.9. The Bertz CT molecular complexity index is 318. The Morgan fingerprint density at radius 2 is 1.64 bits per heavy atom. The molecule has 80 valence electrons. The number of ether oxygens (including phenoxy) is 2. The average Bonchev–Trinajstić information content (AvgIpc) is 2.13. The van der Waals surface area contributed by atoms with Crippen molar-refractivity contribution in [1.29, 1.82) is 0 Å². The molecule has 0 spiro atoms. The lowest BCUT2D eigenvalue weighted by atomic mass is 10.4. The molecule has 1 heterocycles. The van der Waals surface area contributed by atoms with Gasteiger partial charge in [-0.15, -0.1) is 0 Å². The fourth-order valence-corrected chi connectivity index (χ4v) is 2.67. The van der Waals surface area contributed by atoms with E-state index in [0.717, 1.165) is 0 Å². The molecule has 0 aliphatic carbocycles. The second-order valence-corrected chi connectivity index (χ2v) is 6.00. The van der Waals surface area contributed by atoms with Gasteiger partial charge in [-0.3, -0.25) is 0 Å². The molecule has 0 aromatic heterocycles. The van der Waals surface area contributed by atoms with Crippen LogP contribution in [0.1, 0.15) is 0 Å². The Morgan fingerprint density at radius 1 is 1.14 bits per heavy atom. The minimum atomic E-state index is -1.63. The van der Waals surface area contributed by atoms with Crippen LogP contribution >= 0.6 is 10.3 Å². The van der Waals surface area contributed by atoms with E-state index in [4.69, 9.17) is 4.18 Å². The van der Waals surface area contributed by atoms with Crippen LogP contribution in [0.3, 0.4) is 0 Å². The quantitative estimate of drug-likeness (QED) is 0.636. The Morgan fingerprint density at radius 3 is 2.00 bits per heavy atom. The van der Waals surface area contributed by atoms with E-state index in [1.807, 2.05) is 0 Å². The SMILES string of the molecule is COC(=O)C1=C(C(=O)OC)S(C)(C)O1. The highest BCUT2D eigenvalue weighted by molar-refractivity contribution is 8.33. The smallest absolute Gasteiger partial charge is 0.376 e. The first kappa shape index (κ1) is 10.9. The third kappa shape index (κ3) is 1.57. The van der Waals surface area contributed by atoms with Gasteiger partial charge in [0, 0.05) is 12.5 Å². The number of rotatable bonds is 2. The van der Waals surface area contributed by atoms with Gasteiger partial charge in [-0.2, -0.15) is 0 Å². The first-order chi connectivity index (χ1) is 6.44. The van der Waals surface area contributed by atoms with Crippen LogP contribution in [0.4, 0.5) is 0 Å². The summed E-state index contributed by atoms with van der Waals surface area (Å²) in [5, 5.41) is 0. The van der Waals surface area contributed by atoms with Gasteiger partial charge >= 0.3 is 11.9 Å². The zero-order valence-corrected chi connectivity index (χ0v) is 9.27. The monoisotopic (exact) mass is 220 g/mol. The predicted octanol–water partition coefficient (Wildman–Crippen LogP) is 0.553. The van der Waals surface area contributed by atoms with Gasteiger partial charge in [0.2, 0.25) is 5.76 Å². The summed E-state index contributed by atoms with van der Waals surface area (Å²) >= 11 is 0. The molecule has 0 N–H and O–H groups in total. The van der Waals surface area contributed by atoms with Crippen molar-refractivity contribution >= 4 is 22.2 Å². The van der Waals surface area contributed by atoms with Gasteiger partial charge in [0.25, 0.3) is 0 Å². The Hall–Kier alpha value is -1.17. The molecular weight excluding hydrogens is 208 g/mol. The fourth-order valence-electron chi connectivity index (χ4n) is 1.08. The van der Waals surface area contributed by atoms with Crippen molar-refractivity contribution in [3.8, 4) is 0 Å². The van der Waals surface area contributed by atoms with E-state index in [-0.39, 0.29) is 5.76 Å². The van der Waals surface area contributed by atoms with Gasteiger partial charge in [-0.25, -0.2) is 9.59 Å². The molecular formula is C8H12O5S. The van der Waals surface area contributed by atoms with E-state index in [1.54, 1.807) is 12.5 Å². The highest BCUT2D eigenvalue weighted by Crippen LogP contribution is 2.61. The predicted molar refractivity (Wildman–Crippen MR) is 51.6 cm³/mol. The lowest BCUT2D eigenvalue weighted by Gasteiger charge is -2.41. The van der Waals surface area contributed by atoms with Crippen LogP contribution in [-0.2, 0) is 23.2 Å². The van der Waals surface area contributed by atoms with Gasteiger partial charge in [0.05, 0.1) is 14.2 Å². The lowest BCUT2D eigenvalue weighted by Crippen LogP contribution is -2.29. The molecule has 0 fully saturated rings. The number of hydrogen-bond acceptors (Lipinski definition) is 5. The maximum atomic E-state index is 11.3. The molecule has 0 bridgehead atoms. The molecule has 6 heteroatoms. The minimum Gasteiger partial charge on any atom is -0.465 e. The van der Waals surface area contributed by atoms with Crippen molar-refractivity contribution in [2.24, 2.45) is 0 Å². The van der Waals surface area contributed by atoms with E-state index in [1.165, 1.54) is 14.2 Å². The summed E-state index contributed by atoms with van der Waals surface area (Å²) in [6.45, 7) is 0. The molecule has 0 atom stereocenters. The van der Waals surface area contributed by atoms with Gasteiger partial charge in [0.1, 0.15) is 0 Å². The van der Waals surface area contributed by atoms with Gasteiger partial charge in [0.15, 0.2) is 4.91 Å². The number of carbonyl (C=O) groups excluding carboxylic acids is 2. The minimum absolute atomic E-state index is 0.0284. The van der Waals surface area contributed by atoms with E-state index < -0.39 is 22.2 Å². The van der Waals surface area contributed by atoms with Crippen LogP contribution in [0.2, 0.25) is 0 Å². The van der Waals surface area contributed by atoms with Crippen molar-refractivity contribution < 1.29 is 23.2 Å². The molecule has 0 aromatic carbocycles. The zero-order valence-electron chi connectivity index (χ0n) is 8.45. The van der Waals surface area contributed by atoms with Crippen molar-refractivity contribution in [3.63, 3.8) is 0 Å². The second kappa shape index (κ2) is 3.53. The van der Waals surface area contributed by atoms with Crippen molar-refractivity contribution in [1.82, 2.24) is 0 Å². The van der Waals surface area contributed by atoms with Crippen LogP contribution in [0.15, 0.2) is 10.7 Å². The number of esters is 2. The molecule has 0 unspecified atom stereocenters. The van der Waals surface area contributed by atoms with Gasteiger partial charge in [-0.1, -0.05) is 10.3 Å². The maximum absolute atomic E-state index is 11.3. The van der Waals surface area contributed by atoms with Crippen LogP contribution < -0.4 is 0 Å². The third-order valence-corrected chi connectivity index (χ3v) is 3.65. The molecule has 1 rings (SSSR count). The van der Waals surface area contributed by atoms with Crippen molar-refractivity contribution in [3.05, 3.63) is 10.7 Å². The average molecular weight is 220 g/mol. The molecule has 0 amide bonds. The largest absolute Gasteiger partial charge is 0.465 e. The standard InChI is InChI=1S/C8H12O5S/c1-11-7(9)5-6(8(10)12-2)14(3,4)13-5/h1-4H3. The number of carbonyl (C=O) groups is 2. The van der Waals surface area contributed by atoms with E-state index in [2.05, 4.69) is 9.47 Å². The van der Waals surface area contributed by atoms with E-state index >= 15 is 0 Å². The van der Waals surface area contributed by atoms with E-state index in [0.29, 0.717) is 4.91 Å². The summed E-state index contributed by atoms with van der Waals surface area (Å²) in [6, 6.07) is 0. The maximum Gasteiger partial charge on any atom is 0.376 e. The molecule has 0 aromatic rings. The summed E-state index contributed by atoms with van der Waals surface area (Å²) in [4.78, 5) is 22.7. The topological polar surface area (TPSA) is 61.8 Å². The molecule has 1 aliphatic heterocycles. The fraction of sp³-hybridized carbons (Fsp3) is 0.500. The number of hydrogen-bond donors (Lipinski definition) is 0. The Kier molecular flexibility index (Phi) is 2.75. The van der Waals surface area contributed by atoms with Gasteiger partial charge < -0.3 is 13.7 Å². The third-order valence-electron chi connectivity index (χ3n) is 1.73. The first-order valence-electron chi connectivity index (χ1n) is 3.77. The van der Waals surface area contributed by atoms with E-state index in [9.17, 15) is 9.59 Å². The highest BCUT2D eigenvalue weighted by Gasteiger charge is 2.45. The summed E-state index contributed by atoms with van der Waals surface area (Å²) in [6.07, 6.45) is 3.51. The molecule has 0 saturated carbocycles. The summed E-state index contributed by atoms with van der Waals surface area (Å²) in [7, 11) is 0.859. The highest BCUT2D eigenvalue weighted by atomic mass is 32.3. The second-order valence-electron chi connectivity index (χ2n) is 2.96. The lowest BCUT2D eigenvalue weighted by molar-refractivity contribution is -0.141. The van der Waals surface area contributed by atoms with Gasteiger partial charge in [-0.05, 0) is 0 Å². The molecule has 14 heavy (non-hydrogen) atoms. The molecule has 1 aliphatic rings. The van der Waals surface area contributed by atoms with Crippen molar-refractivity contribution in [2.75, 3.05) is 26.7 Å². The van der Waals surface area contributed by atoms with Crippen LogP contribution in [0.25, 0.3) is 0 Å².